The number of phenolic OH excluding ortho intramolecular Hbond substituents is 1. The van der Waals surface area contributed by atoms with Crippen LogP contribution < -0.4 is 0 Å². The molecule has 1 rings (SSSR count). The first-order valence-electron chi connectivity index (χ1n) is 7.40. The van der Waals surface area contributed by atoms with Crippen LogP contribution in [0.4, 0.5) is 4.79 Å². The summed E-state index contributed by atoms with van der Waals surface area (Å²) in [6.07, 6.45) is -0.540. The molecule has 1 amide bonds. The Balaban J connectivity index is 3.05. The molecule has 0 aliphatic heterocycles. The maximum Gasteiger partial charge on any atom is 0.410 e. The molecular formula is C17H25NO5. The number of carbonyl (C=O) groups excluding carboxylic acids is 1. The molecule has 0 bridgehead atoms. The Morgan fingerprint density at radius 2 is 1.70 bits per heavy atom. The zero-order valence-corrected chi connectivity index (χ0v) is 14.5. The third kappa shape index (κ3) is 5.16. The summed E-state index contributed by atoms with van der Waals surface area (Å²) in [5, 5.41) is 19.1. The molecule has 0 aromatic heterocycles. The summed E-state index contributed by atoms with van der Waals surface area (Å²) in [5.74, 6) is -0.971. The average Bonchev–Trinajstić information content (AvgIpc) is 2.34. The Morgan fingerprint density at radius 3 is 2.09 bits per heavy atom. The smallest absolute Gasteiger partial charge is 0.410 e. The highest BCUT2D eigenvalue weighted by Crippen LogP contribution is 2.23. The number of aliphatic carboxylic acids is 1. The lowest BCUT2D eigenvalue weighted by molar-refractivity contribution is -0.142. The molecule has 0 saturated carbocycles. The molecular weight excluding hydrogens is 298 g/mol. The topological polar surface area (TPSA) is 87.1 Å². The molecule has 0 radical (unpaired) electrons. The minimum absolute atomic E-state index is 0.135. The highest BCUT2D eigenvalue weighted by atomic mass is 16.6. The fourth-order valence-corrected chi connectivity index (χ4v) is 2.34. The van der Waals surface area contributed by atoms with Crippen LogP contribution in [0.3, 0.4) is 0 Å². The number of aromatic hydroxyl groups is 1. The van der Waals surface area contributed by atoms with Gasteiger partial charge in [-0.1, -0.05) is 0 Å². The maximum absolute atomic E-state index is 12.1. The van der Waals surface area contributed by atoms with E-state index in [0.717, 1.165) is 21.6 Å². The Hall–Kier alpha value is -2.24. The van der Waals surface area contributed by atoms with Crippen molar-refractivity contribution in [3.63, 3.8) is 0 Å². The van der Waals surface area contributed by atoms with E-state index in [2.05, 4.69) is 0 Å². The van der Waals surface area contributed by atoms with Gasteiger partial charge in [0.25, 0.3) is 0 Å². The Kier molecular flexibility index (Phi) is 5.64. The molecule has 1 aromatic carbocycles. The van der Waals surface area contributed by atoms with Gasteiger partial charge < -0.3 is 14.9 Å². The molecule has 0 aliphatic rings. The van der Waals surface area contributed by atoms with Gasteiger partial charge in [0, 0.05) is 13.5 Å². The standard InChI is InChI=1S/C17H25NO5/c1-10-7-12(19)8-11(2)13(10)9-14(15(20)21)18(6)16(22)23-17(3,4)5/h7-8,14,19H,9H2,1-6H3,(H,20,21)/t14-/m0/s1. The van der Waals surface area contributed by atoms with Crippen molar-refractivity contribution in [2.75, 3.05) is 7.05 Å². The van der Waals surface area contributed by atoms with Crippen molar-refractivity contribution in [1.82, 2.24) is 4.90 Å². The van der Waals surface area contributed by atoms with Gasteiger partial charge in [-0.15, -0.1) is 0 Å². The molecule has 6 heteroatoms. The summed E-state index contributed by atoms with van der Waals surface area (Å²) in [4.78, 5) is 24.8. The summed E-state index contributed by atoms with van der Waals surface area (Å²) >= 11 is 0. The fraction of sp³-hybridized carbons (Fsp3) is 0.529. The number of benzene rings is 1. The van der Waals surface area contributed by atoms with Crippen molar-refractivity contribution in [3.05, 3.63) is 28.8 Å². The van der Waals surface area contributed by atoms with Crippen molar-refractivity contribution >= 4 is 12.1 Å². The van der Waals surface area contributed by atoms with Gasteiger partial charge in [0.2, 0.25) is 0 Å². The average molecular weight is 323 g/mol. The Morgan fingerprint density at radius 1 is 1.22 bits per heavy atom. The number of carbonyl (C=O) groups is 2. The van der Waals surface area contributed by atoms with Gasteiger partial charge >= 0.3 is 12.1 Å². The maximum atomic E-state index is 12.1. The van der Waals surface area contributed by atoms with E-state index in [1.165, 1.54) is 7.05 Å². The number of rotatable bonds is 4. The number of likely N-dealkylation sites (N-methyl/N-ethyl adjacent to an activating group) is 1. The number of ether oxygens (including phenoxy) is 1. The number of carboxylic acid groups (broad SMARTS) is 1. The monoisotopic (exact) mass is 323 g/mol. The van der Waals surface area contributed by atoms with Gasteiger partial charge in [0.15, 0.2) is 0 Å². The van der Waals surface area contributed by atoms with E-state index in [4.69, 9.17) is 4.74 Å². The highest BCUT2D eigenvalue weighted by molar-refractivity contribution is 5.80. The minimum Gasteiger partial charge on any atom is -0.508 e. The largest absolute Gasteiger partial charge is 0.508 e. The van der Waals surface area contributed by atoms with E-state index < -0.39 is 23.7 Å². The molecule has 0 heterocycles. The molecule has 128 valence electrons. The van der Waals surface area contributed by atoms with Crippen molar-refractivity contribution in [2.45, 2.75) is 52.7 Å². The van der Waals surface area contributed by atoms with Crippen molar-refractivity contribution in [1.29, 1.82) is 0 Å². The molecule has 1 atom stereocenters. The highest BCUT2D eigenvalue weighted by Gasteiger charge is 2.31. The van der Waals surface area contributed by atoms with Gasteiger partial charge in [-0.2, -0.15) is 0 Å². The second-order valence-electron chi connectivity index (χ2n) is 6.71. The summed E-state index contributed by atoms with van der Waals surface area (Å²) < 4.78 is 5.23. The molecule has 0 saturated heterocycles. The van der Waals surface area contributed by atoms with Gasteiger partial charge in [-0.3, -0.25) is 4.90 Å². The predicted octanol–water partition coefficient (Wildman–Crippen LogP) is 2.87. The lowest BCUT2D eigenvalue weighted by Crippen LogP contribution is -2.46. The Bertz CT molecular complexity index is 580. The zero-order chi connectivity index (χ0) is 17.9. The normalized spacial score (nSPS) is 12.6. The first kappa shape index (κ1) is 18.8. The number of phenols is 1. The third-order valence-electron chi connectivity index (χ3n) is 3.51. The zero-order valence-electron chi connectivity index (χ0n) is 14.5. The number of aryl methyl sites for hydroxylation is 2. The van der Waals surface area contributed by atoms with Crippen molar-refractivity contribution < 1.29 is 24.5 Å². The van der Waals surface area contributed by atoms with Crippen LogP contribution in [0.5, 0.6) is 5.75 Å². The number of hydrogen-bond donors (Lipinski definition) is 2. The van der Waals surface area contributed by atoms with Gasteiger partial charge in [0.1, 0.15) is 17.4 Å². The molecule has 1 aromatic rings. The van der Waals surface area contributed by atoms with E-state index in [0.29, 0.717) is 0 Å². The number of hydrogen-bond acceptors (Lipinski definition) is 4. The minimum atomic E-state index is -1.11. The second-order valence-corrected chi connectivity index (χ2v) is 6.71. The quantitative estimate of drug-likeness (QED) is 0.889. The summed E-state index contributed by atoms with van der Waals surface area (Å²) in [5.41, 5.74) is 1.67. The molecule has 0 spiro atoms. The number of carboxylic acids is 1. The summed E-state index contributed by atoms with van der Waals surface area (Å²) in [6, 6.07) is 2.11. The van der Waals surface area contributed by atoms with Crippen LogP contribution in [-0.2, 0) is 16.0 Å². The van der Waals surface area contributed by atoms with Gasteiger partial charge in [0.05, 0.1) is 0 Å². The fourth-order valence-electron chi connectivity index (χ4n) is 2.34. The predicted molar refractivity (Wildman–Crippen MR) is 86.7 cm³/mol. The second kappa shape index (κ2) is 6.89. The van der Waals surface area contributed by atoms with Crippen LogP contribution in [0, 0.1) is 13.8 Å². The van der Waals surface area contributed by atoms with Crippen molar-refractivity contribution in [2.24, 2.45) is 0 Å². The lowest BCUT2D eigenvalue weighted by atomic mass is 9.95. The van der Waals surface area contributed by atoms with Crippen LogP contribution in [0.25, 0.3) is 0 Å². The van der Waals surface area contributed by atoms with Gasteiger partial charge in [-0.05, 0) is 63.4 Å². The van der Waals surface area contributed by atoms with E-state index in [1.54, 1.807) is 46.8 Å². The van der Waals surface area contributed by atoms with Crippen LogP contribution in [-0.4, -0.2) is 45.9 Å². The van der Waals surface area contributed by atoms with Crippen LogP contribution >= 0.6 is 0 Å². The van der Waals surface area contributed by atoms with E-state index in [-0.39, 0.29) is 12.2 Å². The van der Waals surface area contributed by atoms with E-state index in [9.17, 15) is 19.8 Å². The molecule has 0 fully saturated rings. The lowest BCUT2D eigenvalue weighted by Gasteiger charge is -2.29. The van der Waals surface area contributed by atoms with Crippen LogP contribution in [0.2, 0.25) is 0 Å². The first-order valence-corrected chi connectivity index (χ1v) is 7.40. The molecule has 2 N–H and O–H groups in total. The van der Waals surface area contributed by atoms with E-state index in [1.807, 2.05) is 0 Å². The number of nitrogens with zero attached hydrogens (tertiary/aromatic N) is 1. The Labute approximate surface area is 136 Å². The molecule has 6 nitrogen and oxygen atoms in total. The summed E-state index contributed by atoms with van der Waals surface area (Å²) in [7, 11) is 1.41. The van der Waals surface area contributed by atoms with Gasteiger partial charge in [-0.25, -0.2) is 9.59 Å². The third-order valence-corrected chi connectivity index (χ3v) is 3.51. The molecule has 0 aliphatic carbocycles. The van der Waals surface area contributed by atoms with Crippen LogP contribution in [0.15, 0.2) is 12.1 Å². The first-order chi connectivity index (χ1) is 10.4. The van der Waals surface area contributed by atoms with E-state index >= 15 is 0 Å². The molecule has 23 heavy (non-hydrogen) atoms. The van der Waals surface area contributed by atoms with Crippen LogP contribution in [0.1, 0.15) is 37.5 Å². The SMILES string of the molecule is Cc1cc(O)cc(C)c1C[C@@H](C(=O)O)N(C)C(=O)OC(C)(C)C. The summed E-state index contributed by atoms with van der Waals surface area (Å²) in [6.45, 7) is 8.78. The molecule has 0 unspecified atom stereocenters. The van der Waals surface area contributed by atoms with Crippen molar-refractivity contribution in [3.8, 4) is 5.75 Å². The number of amides is 1.